The van der Waals surface area contributed by atoms with Gasteiger partial charge in [-0.15, -0.1) is 0 Å². The molecule has 10 heteroatoms. The van der Waals surface area contributed by atoms with E-state index in [9.17, 15) is 21.6 Å². The Balaban J connectivity index is 1.93. The van der Waals surface area contributed by atoms with Crippen LogP contribution in [-0.2, 0) is 16.4 Å². The zero-order valence-electron chi connectivity index (χ0n) is 17.7. The Bertz CT molecular complexity index is 802. The van der Waals surface area contributed by atoms with Crippen LogP contribution in [0, 0.1) is 5.92 Å². The van der Waals surface area contributed by atoms with Gasteiger partial charge in [0.1, 0.15) is 0 Å². The molecule has 0 aliphatic carbocycles. The number of hydrogen-bond acceptors (Lipinski definition) is 3. The second-order valence-corrected chi connectivity index (χ2v) is 9.40. The molecule has 170 valence electrons. The van der Waals surface area contributed by atoms with Crippen molar-refractivity contribution in [1.29, 1.82) is 0 Å². The van der Waals surface area contributed by atoms with Gasteiger partial charge in [0.2, 0.25) is 0 Å². The van der Waals surface area contributed by atoms with Gasteiger partial charge in [0.05, 0.1) is 6.04 Å². The van der Waals surface area contributed by atoms with E-state index >= 15 is 0 Å². The van der Waals surface area contributed by atoms with Gasteiger partial charge in [-0.2, -0.15) is 17.5 Å². The van der Waals surface area contributed by atoms with Gasteiger partial charge in [-0.05, 0) is 50.2 Å². The Kier molecular flexibility index (Phi) is 8.54. The van der Waals surface area contributed by atoms with Crippen LogP contribution in [0.15, 0.2) is 29.3 Å². The molecule has 0 saturated carbocycles. The van der Waals surface area contributed by atoms with Gasteiger partial charge in [-0.25, -0.2) is 8.42 Å². The Morgan fingerprint density at radius 2 is 1.80 bits per heavy atom. The van der Waals surface area contributed by atoms with Crippen LogP contribution < -0.4 is 10.6 Å². The van der Waals surface area contributed by atoms with Crippen molar-refractivity contribution in [3.8, 4) is 0 Å². The topological polar surface area (TPSA) is 73.8 Å². The third kappa shape index (κ3) is 6.34. The SMILES string of the molecule is CCNC(=NCC1CCN(S(=O)(=O)C(F)(F)F)CC1)NC(C)c1ccc(CC)cc1. The Morgan fingerprint density at radius 1 is 1.20 bits per heavy atom. The van der Waals surface area contributed by atoms with Crippen molar-refractivity contribution >= 4 is 16.0 Å². The van der Waals surface area contributed by atoms with E-state index in [-0.39, 0.29) is 25.0 Å². The highest BCUT2D eigenvalue weighted by Crippen LogP contribution is 2.30. The fourth-order valence-electron chi connectivity index (χ4n) is 3.35. The number of aliphatic imine (C=N–C) groups is 1. The van der Waals surface area contributed by atoms with Crippen molar-refractivity contribution in [2.45, 2.75) is 51.6 Å². The van der Waals surface area contributed by atoms with Gasteiger partial charge in [-0.1, -0.05) is 31.2 Å². The van der Waals surface area contributed by atoms with Crippen molar-refractivity contribution in [3.63, 3.8) is 0 Å². The van der Waals surface area contributed by atoms with E-state index in [0.717, 1.165) is 12.0 Å². The summed E-state index contributed by atoms with van der Waals surface area (Å²) in [5.41, 5.74) is -2.85. The van der Waals surface area contributed by atoms with Crippen LogP contribution in [0.1, 0.15) is 50.8 Å². The minimum absolute atomic E-state index is 0.0347. The van der Waals surface area contributed by atoms with Crippen molar-refractivity contribution in [2.75, 3.05) is 26.2 Å². The average Bonchev–Trinajstić information content (AvgIpc) is 2.71. The minimum Gasteiger partial charge on any atom is -0.357 e. The molecule has 2 rings (SSSR count). The number of nitrogens with zero attached hydrogens (tertiary/aromatic N) is 2. The Labute approximate surface area is 177 Å². The van der Waals surface area contributed by atoms with Gasteiger partial charge >= 0.3 is 15.5 Å². The van der Waals surface area contributed by atoms with Gasteiger partial charge in [-0.3, -0.25) is 4.99 Å². The van der Waals surface area contributed by atoms with E-state index in [1.807, 2.05) is 13.8 Å². The second kappa shape index (κ2) is 10.5. The van der Waals surface area contributed by atoms with Gasteiger partial charge < -0.3 is 10.6 Å². The molecule has 0 bridgehead atoms. The van der Waals surface area contributed by atoms with Crippen molar-refractivity contribution in [1.82, 2.24) is 14.9 Å². The molecule has 2 N–H and O–H groups in total. The molecule has 6 nitrogen and oxygen atoms in total. The average molecular weight is 449 g/mol. The van der Waals surface area contributed by atoms with E-state index in [1.54, 1.807) is 0 Å². The summed E-state index contributed by atoms with van der Waals surface area (Å²) < 4.78 is 61.6. The molecule has 1 heterocycles. The summed E-state index contributed by atoms with van der Waals surface area (Å²) in [4.78, 5) is 4.58. The molecule has 0 aromatic heterocycles. The lowest BCUT2D eigenvalue weighted by Gasteiger charge is -2.31. The molecule has 1 unspecified atom stereocenters. The molecule has 1 fully saturated rings. The first kappa shape index (κ1) is 24.5. The Hall–Kier alpha value is -1.81. The molecule has 0 amide bonds. The van der Waals surface area contributed by atoms with E-state index in [4.69, 9.17) is 0 Å². The summed E-state index contributed by atoms with van der Waals surface area (Å²) in [6.07, 6.45) is 1.69. The lowest BCUT2D eigenvalue weighted by molar-refractivity contribution is -0.0496. The highest BCUT2D eigenvalue weighted by Gasteiger charge is 2.50. The van der Waals surface area contributed by atoms with E-state index in [0.29, 0.717) is 36.2 Å². The molecule has 0 spiro atoms. The molecule has 1 aromatic carbocycles. The van der Waals surface area contributed by atoms with Crippen LogP contribution in [-0.4, -0.2) is 50.4 Å². The third-order valence-corrected chi connectivity index (χ3v) is 6.93. The van der Waals surface area contributed by atoms with Crippen molar-refractivity contribution in [3.05, 3.63) is 35.4 Å². The fourth-order valence-corrected chi connectivity index (χ4v) is 4.33. The fraction of sp³-hybridized carbons (Fsp3) is 0.650. The lowest BCUT2D eigenvalue weighted by Crippen LogP contribution is -2.45. The molecular formula is C20H31F3N4O2S. The number of rotatable bonds is 7. The number of benzene rings is 1. The number of halogens is 3. The minimum atomic E-state index is -5.24. The summed E-state index contributed by atoms with van der Waals surface area (Å²) >= 11 is 0. The number of aryl methyl sites for hydroxylation is 1. The number of alkyl halides is 3. The normalized spacial score (nSPS) is 18.3. The highest BCUT2D eigenvalue weighted by molar-refractivity contribution is 7.90. The summed E-state index contributed by atoms with van der Waals surface area (Å²) in [6, 6.07) is 8.39. The summed E-state index contributed by atoms with van der Waals surface area (Å²) in [7, 11) is -5.24. The van der Waals surface area contributed by atoms with E-state index in [2.05, 4.69) is 46.8 Å². The highest BCUT2D eigenvalue weighted by atomic mass is 32.2. The zero-order chi connectivity index (χ0) is 22.4. The predicted octanol–water partition coefficient (Wildman–Crippen LogP) is 3.43. The van der Waals surface area contributed by atoms with Crippen LogP contribution >= 0.6 is 0 Å². The van der Waals surface area contributed by atoms with Gasteiger partial charge in [0.25, 0.3) is 0 Å². The lowest BCUT2D eigenvalue weighted by atomic mass is 9.98. The number of piperidine rings is 1. The van der Waals surface area contributed by atoms with Crippen LogP contribution in [0.25, 0.3) is 0 Å². The zero-order valence-corrected chi connectivity index (χ0v) is 18.5. The molecule has 1 atom stereocenters. The van der Waals surface area contributed by atoms with E-state index < -0.39 is 15.5 Å². The number of guanidine groups is 1. The number of nitrogens with one attached hydrogen (secondary N) is 2. The van der Waals surface area contributed by atoms with E-state index in [1.165, 1.54) is 5.56 Å². The molecule has 1 aromatic rings. The predicted molar refractivity (Wildman–Crippen MR) is 113 cm³/mol. The van der Waals surface area contributed by atoms with Crippen LogP contribution in [0.2, 0.25) is 0 Å². The maximum Gasteiger partial charge on any atom is 0.511 e. The first-order valence-corrected chi connectivity index (χ1v) is 11.7. The van der Waals surface area contributed by atoms with Crippen molar-refractivity contribution < 1.29 is 21.6 Å². The van der Waals surface area contributed by atoms with Crippen LogP contribution in [0.3, 0.4) is 0 Å². The maximum absolute atomic E-state index is 12.7. The largest absolute Gasteiger partial charge is 0.511 e. The molecule has 1 aliphatic heterocycles. The number of hydrogen-bond donors (Lipinski definition) is 2. The quantitative estimate of drug-likeness (QED) is 0.495. The number of sulfonamides is 1. The third-order valence-electron chi connectivity index (χ3n) is 5.30. The summed E-state index contributed by atoms with van der Waals surface area (Å²) in [5.74, 6) is 0.675. The molecule has 0 radical (unpaired) electrons. The van der Waals surface area contributed by atoms with Gasteiger partial charge in [0, 0.05) is 26.2 Å². The Morgan fingerprint density at radius 3 is 2.30 bits per heavy atom. The first-order valence-electron chi connectivity index (χ1n) is 10.3. The molecular weight excluding hydrogens is 417 g/mol. The summed E-state index contributed by atoms with van der Waals surface area (Å²) in [6.45, 7) is 6.94. The van der Waals surface area contributed by atoms with Crippen molar-refractivity contribution in [2.24, 2.45) is 10.9 Å². The molecule has 30 heavy (non-hydrogen) atoms. The molecule has 1 saturated heterocycles. The van der Waals surface area contributed by atoms with Crippen LogP contribution in [0.4, 0.5) is 13.2 Å². The van der Waals surface area contributed by atoms with Gasteiger partial charge in [0.15, 0.2) is 5.96 Å². The summed E-state index contributed by atoms with van der Waals surface area (Å²) in [5, 5.41) is 6.53. The monoisotopic (exact) mass is 448 g/mol. The first-order chi connectivity index (χ1) is 14.1. The maximum atomic E-state index is 12.7. The molecule has 1 aliphatic rings. The standard InChI is InChI=1S/C20H31F3N4O2S/c1-4-16-6-8-18(9-7-16)15(3)26-19(24-5-2)25-14-17-10-12-27(13-11-17)30(28,29)20(21,22)23/h6-9,15,17H,4-5,10-14H2,1-3H3,(H2,24,25,26). The van der Waals surface area contributed by atoms with Crippen LogP contribution in [0.5, 0.6) is 0 Å². The smallest absolute Gasteiger partial charge is 0.357 e. The second-order valence-electron chi connectivity index (χ2n) is 7.47.